The number of fused-ring (bicyclic) bond motifs is 1. The molecule has 0 fully saturated rings. The van der Waals surface area contributed by atoms with E-state index in [9.17, 15) is 21.6 Å². The van der Waals surface area contributed by atoms with E-state index in [-0.39, 0.29) is 15.6 Å². The molecule has 0 saturated carbocycles. The number of nitrogens with one attached hydrogen (secondary N) is 1. The summed E-state index contributed by atoms with van der Waals surface area (Å²) < 4.78 is 61.0. The van der Waals surface area contributed by atoms with Gasteiger partial charge in [0.25, 0.3) is 0 Å². The summed E-state index contributed by atoms with van der Waals surface area (Å²) in [5.74, 6) is -2.20. The molecule has 2 aromatic carbocycles. The van der Waals surface area contributed by atoms with Gasteiger partial charge in [0, 0.05) is 12.6 Å². The monoisotopic (exact) mass is 556 g/mol. The van der Waals surface area contributed by atoms with Gasteiger partial charge >= 0.3 is 12.1 Å². The molecule has 190 valence electrons. The van der Waals surface area contributed by atoms with E-state index < -0.39 is 22.0 Å². The topological polar surface area (TPSA) is 139 Å². The van der Waals surface area contributed by atoms with Crippen LogP contribution in [0, 0.1) is 5.41 Å². The van der Waals surface area contributed by atoms with Crippen LogP contribution in [0.1, 0.15) is 4.88 Å². The number of amidine groups is 1. The molecule has 0 aliphatic heterocycles. The molecule has 0 aliphatic rings. The summed E-state index contributed by atoms with van der Waals surface area (Å²) in [4.78, 5) is 14.4. The van der Waals surface area contributed by atoms with Crippen LogP contribution in [0.15, 0.2) is 68.6 Å². The molecule has 36 heavy (non-hydrogen) atoms. The van der Waals surface area contributed by atoms with Crippen molar-refractivity contribution >= 4 is 55.8 Å². The van der Waals surface area contributed by atoms with Crippen molar-refractivity contribution in [2.45, 2.75) is 20.2 Å². The first kappa shape index (κ1) is 27.2. The Balaban J connectivity index is 0.000000454. The Labute approximate surface area is 212 Å². The zero-order valence-corrected chi connectivity index (χ0v) is 21.1. The third-order valence-electron chi connectivity index (χ3n) is 4.84. The number of aromatic nitrogens is 2. The molecule has 4 rings (SSSR count). The lowest BCUT2D eigenvalue weighted by Crippen LogP contribution is -2.21. The van der Waals surface area contributed by atoms with E-state index in [1.54, 1.807) is 18.2 Å². The Kier molecular flexibility index (Phi) is 7.81. The predicted octanol–water partition coefficient (Wildman–Crippen LogP) is 4.77. The number of sulfone groups is 1. The van der Waals surface area contributed by atoms with Gasteiger partial charge in [0.05, 0.1) is 29.9 Å². The SMILES string of the molecule is CSc1sc(C(=N)N)cc1S(=O)(=O)c1cccc(-c2nc3ccccc3n2C)c1.O=C(O)C(F)(F)F. The first-order chi connectivity index (χ1) is 16.8. The minimum Gasteiger partial charge on any atom is -0.475 e. The number of nitrogens with two attached hydrogens (primary N) is 1. The largest absolute Gasteiger partial charge is 0.490 e. The quantitative estimate of drug-likeness (QED) is 0.183. The third-order valence-corrected chi connectivity index (χ3v) is 9.18. The predicted molar refractivity (Wildman–Crippen MR) is 132 cm³/mol. The fraction of sp³-hybridized carbons (Fsp3) is 0.136. The number of para-hydroxylation sites is 2. The molecule has 0 radical (unpaired) electrons. The van der Waals surface area contributed by atoms with Gasteiger partial charge < -0.3 is 15.4 Å². The van der Waals surface area contributed by atoms with Crippen molar-refractivity contribution in [3.63, 3.8) is 0 Å². The molecule has 2 aromatic heterocycles. The van der Waals surface area contributed by atoms with Crippen LogP contribution in [-0.2, 0) is 21.7 Å². The summed E-state index contributed by atoms with van der Waals surface area (Å²) in [6.07, 6.45) is -3.27. The maximum Gasteiger partial charge on any atom is 0.490 e. The zero-order chi connectivity index (χ0) is 26.8. The minimum atomic E-state index is -5.08. The molecule has 0 spiro atoms. The zero-order valence-electron chi connectivity index (χ0n) is 18.7. The van der Waals surface area contributed by atoms with Gasteiger partial charge in [-0.25, -0.2) is 18.2 Å². The highest BCUT2D eigenvalue weighted by atomic mass is 32.2. The fourth-order valence-electron chi connectivity index (χ4n) is 3.15. The van der Waals surface area contributed by atoms with Crippen molar-refractivity contribution in [3.05, 3.63) is 59.5 Å². The number of thiophene rings is 1. The second-order valence-corrected chi connectivity index (χ2v) is 11.2. The van der Waals surface area contributed by atoms with E-state index in [1.165, 1.54) is 29.2 Å². The van der Waals surface area contributed by atoms with E-state index in [1.807, 2.05) is 48.2 Å². The van der Waals surface area contributed by atoms with Crippen LogP contribution in [0.2, 0.25) is 0 Å². The number of rotatable bonds is 5. The number of halogens is 3. The molecule has 0 aliphatic carbocycles. The Morgan fingerprint density at radius 2 is 1.81 bits per heavy atom. The number of carboxylic acid groups (broad SMARTS) is 1. The fourth-order valence-corrected chi connectivity index (χ4v) is 7.06. The molecule has 4 N–H and O–H groups in total. The van der Waals surface area contributed by atoms with Crippen molar-refractivity contribution in [1.29, 1.82) is 5.41 Å². The Hall–Kier alpha value is -3.36. The lowest BCUT2D eigenvalue weighted by molar-refractivity contribution is -0.192. The maximum absolute atomic E-state index is 13.3. The lowest BCUT2D eigenvalue weighted by Gasteiger charge is -2.08. The molecular weight excluding hydrogens is 537 g/mol. The second kappa shape index (κ2) is 10.3. The van der Waals surface area contributed by atoms with Crippen molar-refractivity contribution in [2.75, 3.05) is 6.26 Å². The number of aliphatic carboxylic acids is 1. The van der Waals surface area contributed by atoms with Crippen LogP contribution in [0.4, 0.5) is 13.2 Å². The van der Waals surface area contributed by atoms with Crippen molar-refractivity contribution in [2.24, 2.45) is 12.8 Å². The number of hydrogen-bond acceptors (Lipinski definition) is 7. The second-order valence-electron chi connectivity index (χ2n) is 7.20. The number of aryl methyl sites for hydroxylation is 1. The minimum absolute atomic E-state index is 0.139. The van der Waals surface area contributed by atoms with Gasteiger partial charge in [0.15, 0.2) is 0 Å². The van der Waals surface area contributed by atoms with E-state index >= 15 is 0 Å². The highest BCUT2D eigenvalue weighted by Crippen LogP contribution is 2.37. The molecule has 0 atom stereocenters. The van der Waals surface area contributed by atoms with Crippen LogP contribution in [0.3, 0.4) is 0 Å². The molecule has 0 unspecified atom stereocenters. The van der Waals surface area contributed by atoms with E-state index in [0.717, 1.165) is 16.6 Å². The first-order valence-corrected chi connectivity index (χ1v) is 13.4. The molecule has 0 amide bonds. The van der Waals surface area contributed by atoms with Crippen LogP contribution in [-0.4, -0.2) is 47.3 Å². The number of carbonyl (C=O) groups is 1. The number of hydrogen-bond donors (Lipinski definition) is 3. The Bertz CT molecular complexity index is 1560. The first-order valence-electron chi connectivity index (χ1n) is 9.86. The summed E-state index contributed by atoms with van der Waals surface area (Å²) in [7, 11) is -1.86. The summed E-state index contributed by atoms with van der Waals surface area (Å²) in [6, 6.07) is 16.1. The molecule has 0 bridgehead atoms. The van der Waals surface area contributed by atoms with E-state index in [0.29, 0.717) is 14.9 Å². The Morgan fingerprint density at radius 1 is 1.17 bits per heavy atom. The molecule has 0 saturated heterocycles. The maximum atomic E-state index is 13.3. The van der Waals surface area contributed by atoms with Crippen LogP contribution in [0.25, 0.3) is 22.4 Å². The van der Waals surface area contributed by atoms with Gasteiger partial charge in [0.1, 0.15) is 11.7 Å². The van der Waals surface area contributed by atoms with Gasteiger partial charge in [-0.05, 0) is 36.6 Å². The summed E-state index contributed by atoms with van der Waals surface area (Å²) in [5, 5.41) is 14.8. The molecule has 2 heterocycles. The highest BCUT2D eigenvalue weighted by molar-refractivity contribution is 8.01. The molecular formula is C22H19F3N4O4S3. The average molecular weight is 557 g/mol. The van der Waals surface area contributed by atoms with Crippen LogP contribution >= 0.6 is 23.1 Å². The van der Waals surface area contributed by atoms with Gasteiger partial charge in [-0.3, -0.25) is 5.41 Å². The smallest absolute Gasteiger partial charge is 0.475 e. The number of carboxylic acids is 1. The standard InChI is InChI=1S/C20H18N4O2S3.C2HF3O2/c1-24-15-9-4-3-8-14(15)23-19(24)12-6-5-7-13(10-12)29(25,26)17-11-16(18(21)22)28-20(17)27-2;3-2(4,5)1(6)7/h3-11H,1-2H3,(H3,21,22);(H,6,7). The number of thioether (sulfide) groups is 1. The van der Waals surface area contributed by atoms with Crippen molar-refractivity contribution in [1.82, 2.24) is 9.55 Å². The number of nitrogen functional groups attached to an aromatic ring is 1. The number of nitrogens with zero attached hydrogens (tertiary/aromatic N) is 2. The van der Waals surface area contributed by atoms with Crippen molar-refractivity contribution in [3.8, 4) is 11.4 Å². The van der Waals surface area contributed by atoms with Crippen LogP contribution < -0.4 is 5.73 Å². The van der Waals surface area contributed by atoms with Gasteiger partial charge in [-0.1, -0.05) is 24.3 Å². The van der Waals surface area contributed by atoms with E-state index in [4.69, 9.17) is 21.0 Å². The molecule has 8 nitrogen and oxygen atoms in total. The highest BCUT2D eigenvalue weighted by Gasteiger charge is 2.38. The molecule has 4 aromatic rings. The Morgan fingerprint density at radius 3 is 2.36 bits per heavy atom. The summed E-state index contributed by atoms with van der Waals surface area (Å²) in [5.41, 5.74) is 8.11. The number of benzene rings is 2. The normalized spacial score (nSPS) is 11.7. The van der Waals surface area contributed by atoms with Gasteiger partial charge in [-0.2, -0.15) is 13.2 Å². The lowest BCUT2D eigenvalue weighted by atomic mass is 10.2. The summed E-state index contributed by atoms with van der Waals surface area (Å²) >= 11 is 2.54. The third kappa shape index (κ3) is 5.55. The average Bonchev–Trinajstić information content (AvgIpc) is 3.41. The molecule has 14 heteroatoms. The van der Waals surface area contributed by atoms with Gasteiger partial charge in [0.2, 0.25) is 9.84 Å². The van der Waals surface area contributed by atoms with Crippen LogP contribution in [0.5, 0.6) is 0 Å². The van der Waals surface area contributed by atoms with Gasteiger partial charge in [-0.15, -0.1) is 23.1 Å². The summed E-state index contributed by atoms with van der Waals surface area (Å²) in [6.45, 7) is 0. The number of alkyl halides is 3. The van der Waals surface area contributed by atoms with Crippen molar-refractivity contribution < 1.29 is 31.5 Å². The number of imidazole rings is 1. The van der Waals surface area contributed by atoms with E-state index in [2.05, 4.69) is 4.98 Å².